The predicted octanol–water partition coefficient (Wildman–Crippen LogP) is 1.98. The van der Waals surface area contributed by atoms with E-state index in [4.69, 9.17) is 16.7 Å². The van der Waals surface area contributed by atoms with E-state index in [0.717, 1.165) is 0 Å². The van der Waals surface area contributed by atoms with E-state index in [-0.39, 0.29) is 25.4 Å². The molecule has 0 spiro atoms. The number of carbonyl (C=O) groups is 2. The van der Waals surface area contributed by atoms with Crippen molar-refractivity contribution < 1.29 is 14.7 Å². The summed E-state index contributed by atoms with van der Waals surface area (Å²) in [5.74, 6) is -1.34. The highest BCUT2D eigenvalue weighted by Crippen LogP contribution is 2.16. The average Bonchev–Trinajstić information content (AvgIpc) is 2.31. The number of aliphatic carboxylic acids is 1. The van der Waals surface area contributed by atoms with Crippen LogP contribution in [0.25, 0.3) is 0 Å². The second-order valence-corrected chi connectivity index (χ2v) is 4.13. The van der Waals surface area contributed by atoms with Gasteiger partial charge in [-0.05, 0) is 11.6 Å². The molecule has 1 rings (SSSR count). The fourth-order valence-corrected chi connectivity index (χ4v) is 1.69. The van der Waals surface area contributed by atoms with E-state index in [1.165, 1.54) is 11.0 Å². The number of hydrogen-bond donors (Lipinski definition) is 1. The normalized spacial score (nSPS) is 9.83. The van der Waals surface area contributed by atoms with E-state index in [1.807, 2.05) is 0 Å². The Bertz CT molecular complexity index is 459. The summed E-state index contributed by atoms with van der Waals surface area (Å²) in [7, 11) is 0. The highest BCUT2D eigenvalue weighted by Gasteiger charge is 2.16. The van der Waals surface area contributed by atoms with Gasteiger partial charge in [-0.2, -0.15) is 0 Å². The Balaban J connectivity index is 2.75. The van der Waals surface area contributed by atoms with Gasteiger partial charge in [-0.15, -0.1) is 6.58 Å². The van der Waals surface area contributed by atoms with Crippen LogP contribution in [-0.2, 0) is 16.0 Å². The van der Waals surface area contributed by atoms with Crippen molar-refractivity contribution in [2.75, 3.05) is 13.1 Å². The molecule has 0 saturated carbocycles. The third kappa shape index (κ3) is 4.22. The van der Waals surface area contributed by atoms with Crippen LogP contribution in [0.2, 0.25) is 5.02 Å². The van der Waals surface area contributed by atoms with Crippen molar-refractivity contribution in [3.05, 3.63) is 47.5 Å². The summed E-state index contributed by atoms with van der Waals surface area (Å²) in [6.07, 6.45) is 1.58. The first-order chi connectivity index (χ1) is 8.54. The molecular formula is C13H14ClNO3. The maximum absolute atomic E-state index is 11.9. The van der Waals surface area contributed by atoms with Crippen molar-refractivity contribution in [1.82, 2.24) is 4.90 Å². The summed E-state index contributed by atoms with van der Waals surface area (Å²) in [5, 5.41) is 9.23. The maximum atomic E-state index is 11.9. The van der Waals surface area contributed by atoms with Crippen molar-refractivity contribution in [3.8, 4) is 0 Å². The smallest absolute Gasteiger partial charge is 0.323 e. The number of carboxylic acids is 1. The van der Waals surface area contributed by atoms with Gasteiger partial charge in [0.25, 0.3) is 0 Å². The molecule has 0 bridgehead atoms. The van der Waals surface area contributed by atoms with Gasteiger partial charge in [0, 0.05) is 11.6 Å². The van der Waals surface area contributed by atoms with Crippen LogP contribution in [0.3, 0.4) is 0 Å². The minimum Gasteiger partial charge on any atom is -0.480 e. The lowest BCUT2D eigenvalue weighted by molar-refractivity contribution is -0.143. The van der Waals surface area contributed by atoms with E-state index in [9.17, 15) is 9.59 Å². The zero-order valence-electron chi connectivity index (χ0n) is 9.80. The van der Waals surface area contributed by atoms with E-state index in [2.05, 4.69) is 6.58 Å². The molecule has 1 aromatic carbocycles. The van der Waals surface area contributed by atoms with Crippen LogP contribution >= 0.6 is 11.6 Å². The molecule has 0 heterocycles. The lowest BCUT2D eigenvalue weighted by atomic mass is 10.1. The molecule has 0 unspecified atom stereocenters. The molecule has 0 aliphatic heterocycles. The zero-order valence-corrected chi connectivity index (χ0v) is 10.6. The monoisotopic (exact) mass is 267 g/mol. The van der Waals surface area contributed by atoms with Crippen LogP contribution in [0.5, 0.6) is 0 Å². The first-order valence-corrected chi connectivity index (χ1v) is 5.76. The van der Waals surface area contributed by atoms with Gasteiger partial charge in [-0.25, -0.2) is 0 Å². The van der Waals surface area contributed by atoms with Gasteiger partial charge in [0.15, 0.2) is 0 Å². The summed E-state index contributed by atoms with van der Waals surface area (Å²) in [6, 6.07) is 6.99. The number of hydrogen-bond acceptors (Lipinski definition) is 2. The van der Waals surface area contributed by atoms with Crippen molar-refractivity contribution in [3.63, 3.8) is 0 Å². The highest BCUT2D eigenvalue weighted by molar-refractivity contribution is 6.31. The Morgan fingerprint density at radius 3 is 2.61 bits per heavy atom. The molecule has 4 nitrogen and oxygen atoms in total. The molecule has 0 aliphatic carbocycles. The Labute approximate surface area is 110 Å². The van der Waals surface area contributed by atoms with Gasteiger partial charge in [0.1, 0.15) is 6.54 Å². The Kier molecular flexibility index (Phi) is 5.39. The standard InChI is InChI=1S/C13H14ClNO3/c1-2-7-15(9-13(17)18)12(16)8-10-5-3-4-6-11(10)14/h2-6H,1,7-9H2,(H,17,18). The number of rotatable bonds is 6. The summed E-state index contributed by atoms with van der Waals surface area (Å²) in [5.41, 5.74) is 0.684. The van der Waals surface area contributed by atoms with Crippen LogP contribution < -0.4 is 0 Å². The van der Waals surface area contributed by atoms with E-state index < -0.39 is 5.97 Å². The minimum absolute atomic E-state index is 0.0841. The Hall–Kier alpha value is -1.81. The van der Waals surface area contributed by atoms with Crippen molar-refractivity contribution in [2.24, 2.45) is 0 Å². The SMILES string of the molecule is C=CCN(CC(=O)O)C(=O)Cc1ccccc1Cl. The molecule has 5 heteroatoms. The van der Waals surface area contributed by atoms with Crippen LogP contribution in [0.1, 0.15) is 5.56 Å². The third-order valence-electron chi connectivity index (χ3n) is 2.33. The fourth-order valence-electron chi connectivity index (χ4n) is 1.49. The molecule has 18 heavy (non-hydrogen) atoms. The molecule has 0 radical (unpaired) electrons. The number of benzene rings is 1. The summed E-state index contributed by atoms with van der Waals surface area (Å²) < 4.78 is 0. The first-order valence-electron chi connectivity index (χ1n) is 5.38. The average molecular weight is 268 g/mol. The lowest BCUT2D eigenvalue weighted by Gasteiger charge is -2.19. The van der Waals surface area contributed by atoms with Gasteiger partial charge >= 0.3 is 5.97 Å². The number of amides is 1. The van der Waals surface area contributed by atoms with Crippen LogP contribution in [0, 0.1) is 0 Å². The van der Waals surface area contributed by atoms with Gasteiger partial charge < -0.3 is 10.0 Å². The first kappa shape index (κ1) is 14.3. The highest BCUT2D eigenvalue weighted by atomic mass is 35.5. The summed E-state index contributed by atoms with van der Waals surface area (Å²) in [6.45, 7) is 3.37. The number of carbonyl (C=O) groups excluding carboxylic acids is 1. The van der Waals surface area contributed by atoms with Gasteiger partial charge in [0.2, 0.25) is 5.91 Å². The van der Waals surface area contributed by atoms with E-state index in [0.29, 0.717) is 10.6 Å². The molecule has 1 N–H and O–H groups in total. The molecule has 1 aromatic rings. The molecule has 0 aromatic heterocycles. The van der Waals surface area contributed by atoms with E-state index >= 15 is 0 Å². The molecule has 1 amide bonds. The van der Waals surface area contributed by atoms with Crippen molar-refractivity contribution in [1.29, 1.82) is 0 Å². The molecule has 0 aliphatic rings. The topological polar surface area (TPSA) is 57.6 Å². The Morgan fingerprint density at radius 2 is 2.06 bits per heavy atom. The predicted molar refractivity (Wildman–Crippen MR) is 69.6 cm³/mol. The molecular weight excluding hydrogens is 254 g/mol. The fraction of sp³-hybridized carbons (Fsp3) is 0.231. The number of nitrogens with zero attached hydrogens (tertiary/aromatic N) is 1. The summed E-state index contributed by atoms with van der Waals surface area (Å²) in [4.78, 5) is 23.8. The second-order valence-electron chi connectivity index (χ2n) is 3.72. The molecule has 0 saturated heterocycles. The van der Waals surface area contributed by atoms with E-state index in [1.54, 1.807) is 24.3 Å². The van der Waals surface area contributed by atoms with Gasteiger partial charge in [-0.3, -0.25) is 9.59 Å². The second kappa shape index (κ2) is 6.81. The third-order valence-corrected chi connectivity index (χ3v) is 2.70. The zero-order chi connectivity index (χ0) is 13.5. The maximum Gasteiger partial charge on any atom is 0.323 e. The number of carboxylic acid groups (broad SMARTS) is 1. The van der Waals surface area contributed by atoms with Gasteiger partial charge in [-0.1, -0.05) is 35.9 Å². The quantitative estimate of drug-likeness (QED) is 0.802. The Morgan fingerprint density at radius 1 is 1.39 bits per heavy atom. The largest absolute Gasteiger partial charge is 0.480 e. The summed E-state index contributed by atoms with van der Waals surface area (Å²) >= 11 is 5.95. The number of halogens is 1. The van der Waals surface area contributed by atoms with Crippen LogP contribution in [0.15, 0.2) is 36.9 Å². The van der Waals surface area contributed by atoms with Crippen LogP contribution in [-0.4, -0.2) is 35.0 Å². The molecule has 0 fully saturated rings. The molecule has 96 valence electrons. The van der Waals surface area contributed by atoms with Crippen molar-refractivity contribution >= 4 is 23.5 Å². The van der Waals surface area contributed by atoms with Crippen LogP contribution in [0.4, 0.5) is 0 Å². The van der Waals surface area contributed by atoms with Crippen molar-refractivity contribution in [2.45, 2.75) is 6.42 Å². The minimum atomic E-state index is -1.05. The lowest BCUT2D eigenvalue weighted by Crippen LogP contribution is -2.36. The van der Waals surface area contributed by atoms with Gasteiger partial charge in [0.05, 0.1) is 6.42 Å². The molecule has 0 atom stereocenters.